The third-order valence-electron chi connectivity index (χ3n) is 5.67. The van der Waals surface area contributed by atoms with Crippen LogP contribution in [0, 0.1) is 0 Å². The Morgan fingerprint density at radius 1 is 1.06 bits per heavy atom. The summed E-state index contributed by atoms with van der Waals surface area (Å²) in [6, 6.07) is 11.0. The number of benzene rings is 2. The molecule has 9 nitrogen and oxygen atoms in total. The van der Waals surface area contributed by atoms with Crippen LogP contribution in [0.1, 0.15) is 47.4 Å². The molecule has 3 aromatic rings. The molecule has 36 heavy (non-hydrogen) atoms. The van der Waals surface area contributed by atoms with Crippen molar-refractivity contribution in [3.63, 3.8) is 0 Å². The Balaban J connectivity index is 1.96. The van der Waals surface area contributed by atoms with Crippen molar-refractivity contribution in [2.24, 2.45) is 4.99 Å². The van der Waals surface area contributed by atoms with Gasteiger partial charge in [-0.05, 0) is 48.9 Å². The number of thiazole rings is 1. The number of amides is 1. The van der Waals surface area contributed by atoms with Crippen LogP contribution in [0.25, 0.3) is 10.2 Å². The summed E-state index contributed by atoms with van der Waals surface area (Å²) in [6.45, 7) is 5.52. The van der Waals surface area contributed by atoms with Crippen molar-refractivity contribution >= 4 is 43.5 Å². The first-order chi connectivity index (χ1) is 17.3. The van der Waals surface area contributed by atoms with Gasteiger partial charge in [0.15, 0.2) is 4.80 Å². The van der Waals surface area contributed by atoms with Gasteiger partial charge in [-0.2, -0.15) is 9.30 Å². The molecular weight excluding hydrogens is 502 g/mol. The zero-order chi connectivity index (χ0) is 26.3. The van der Waals surface area contributed by atoms with Gasteiger partial charge in [-0.15, -0.1) is 0 Å². The van der Waals surface area contributed by atoms with Gasteiger partial charge < -0.3 is 14.0 Å². The summed E-state index contributed by atoms with van der Waals surface area (Å²) >= 11 is 1.27. The smallest absolute Gasteiger partial charge is 0.337 e. The Labute approximate surface area is 215 Å². The van der Waals surface area contributed by atoms with Crippen LogP contribution in [-0.2, 0) is 26.0 Å². The maximum absolute atomic E-state index is 13.0. The Morgan fingerprint density at radius 3 is 2.36 bits per heavy atom. The Hall–Kier alpha value is -2.86. The number of rotatable bonds is 11. The molecule has 0 saturated carbocycles. The van der Waals surface area contributed by atoms with Crippen molar-refractivity contribution in [3.05, 3.63) is 58.4 Å². The summed E-state index contributed by atoms with van der Waals surface area (Å²) in [5.41, 5.74) is 1.49. The number of ether oxygens (including phenoxy) is 2. The summed E-state index contributed by atoms with van der Waals surface area (Å²) in [5, 5.41) is 0. The number of fused-ring (bicyclic) bond motifs is 1. The van der Waals surface area contributed by atoms with Crippen molar-refractivity contribution in [3.8, 4) is 0 Å². The van der Waals surface area contributed by atoms with Crippen molar-refractivity contribution in [2.45, 2.75) is 38.1 Å². The van der Waals surface area contributed by atoms with Gasteiger partial charge in [0.1, 0.15) is 0 Å². The molecule has 0 spiro atoms. The van der Waals surface area contributed by atoms with E-state index in [1.165, 1.54) is 47.0 Å². The van der Waals surface area contributed by atoms with Gasteiger partial charge in [0.05, 0.1) is 34.4 Å². The molecule has 1 aromatic heterocycles. The maximum Gasteiger partial charge on any atom is 0.337 e. The van der Waals surface area contributed by atoms with Crippen molar-refractivity contribution in [1.29, 1.82) is 0 Å². The van der Waals surface area contributed by atoms with Crippen LogP contribution in [0.15, 0.2) is 52.4 Å². The highest BCUT2D eigenvalue weighted by Gasteiger charge is 2.23. The zero-order valence-corrected chi connectivity index (χ0v) is 22.5. The molecule has 0 N–H and O–H groups in total. The van der Waals surface area contributed by atoms with E-state index in [1.807, 2.05) is 18.4 Å². The van der Waals surface area contributed by atoms with Crippen LogP contribution in [-0.4, -0.2) is 63.1 Å². The van der Waals surface area contributed by atoms with Crippen LogP contribution in [0.2, 0.25) is 0 Å². The lowest BCUT2D eigenvalue weighted by Crippen LogP contribution is -2.31. The largest absolute Gasteiger partial charge is 0.465 e. The first-order valence-electron chi connectivity index (χ1n) is 11.7. The molecule has 0 fully saturated rings. The van der Waals surface area contributed by atoms with Crippen molar-refractivity contribution < 1.29 is 27.5 Å². The van der Waals surface area contributed by atoms with Gasteiger partial charge in [0, 0.05) is 32.3 Å². The standard InChI is InChI=1S/C25H31N3O6S2/c1-5-7-14-27(6-2)36(31,32)20-11-8-18(9-12-20)23(29)26-25-28(15-16-33-3)21-13-10-19(24(30)34-4)17-22(21)35-25/h8-13,17H,5-7,14-16H2,1-4H3. The summed E-state index contributed by atoms with van der Waals surface area (Å²) in [5.74, 6) is -0.946. The number of sulfonamides is 1. The van der Waals surface area contributed by atoms with Crippen molar-refractivity contribution in [2.75, 3.05) is 33.9 Å². The molecule has 0 bridgehead atoms. The first kappa shape index (κ1) is 27.7. The normalized spacial score (nSPS) is 12.4. The topological polar surface area (TPSA) is 107 Å². The van der Waals surface area contributed by atoms with E-state index in [0.29, 0.717) is 36.6 Å². The second kappa shape index (κ2) is 12.4. The number of nitrogens with zero attached hydrogens (tertiary/aromatic N) is 3. The number of esters is 1. The number of hydrogen-bond acceptors (Lipinski definition) is 7. The fourth-order valence-corrected chi connectivity index (χ4v) is 6.24. The van der Waals surface area contributed by atoms with Crippen LogP contribution in [0.4, 0.5) is 0 Å². The minimum absolute atomic E-state index is 0.143. The minimum Gasteiger partial charge on any atom is -0.465 e. The molecular formula is C25H31N3O6S2. The molecule has 1 heterocycles. The molecule has 1 amide bonds. The monoisotopic (exact) mass is 533 g/mol. The SMILES string of the molecule is CCCCN(CC)S(=O)(=O)c1ccc(C(=O)N=c2sc3cc(C(=O)OC)ccc3n2CCOC)cc1. The first-order valence-corrected chi connectivity index (χ1v) is 13.9. The molecule has 194 valence electrons. The average molecular weight is 534 g/mol. The van der Waals surface area contributed by atoms with E-state index in [9.17, 15) is 18.0 Å². The molecule has 3 rings (SSSR count). The van der Waals surface area contributed by atoms with E-state index in [0.717, 1.165) is 23.1 Å². The number of unbranched alkanes of at least 4 members (excludes halogenated alkanes) is 1. The quantitative estimate of drug-likeness (QED) is 0.348. The van der Waals surface area contributed by atoms with E-state index >= 15 is 0 Å². The highest BCUT2D eigenvalue weighted by atomic mass is 32.2. The molecule has 0 unspecified atom stereocenters. The molecule has 0 aliphatic rings. The minimum atomic E-state index is -3.63. The maximum atomic E-state index is 13.0. The van der Waals surface area contributed by atoms with Crippen LogP contribution < -0.4 is 4.80 Å². The lowest BCUT2D eigenvalue weighted by Gasteiger charge is -2.20. The molecule has 0 radical (unpaired) electrons. The summed E-state index contributed by atoms with van der Waals surface area (Å²) in [7, 11) is -0.727. The van der Waals surface area contributed by atoms with Gasteiger partial charge in [0.25, 0.3) is 5.91 Å². The Kier molecular flexibility index (Phi) is 9.55. The summed E-state index contributed by atoms with van der Waals surface area (Å²) < 4.78 is 40.0. The van der Waals surface area contributed by atoms with E-state index < -0.39 is 21.9 Å². The van der Waals surface area contributed by atoms with E-state index in [4.69, 9.17) is 9.47 Å². The second-order valence-electron chi connectivity index (χ2n) is 7.99. The van der Waals surface area contributed by atoms with Crippen LogP contribution >= 0.6 is 11.3 Å². The fourth-order valence-electron chi connectivity index (χ4n) is 3.65. The van der Waals surface area contributed by atoms with Crippen LogP contribution in [0.5, 0.6) is 0 Å². The van der Waals surface area contributed by atoms with Gasteiger partial charge in [-0.3, -0.25) is 4.79 Å². The number of carbonyl (C=O) groups is 2. The average Bonchev–Trinajstić information content (AvgIpc) is 3.23. The third kappa shape index (κ3) is 6.09. The highest BCUT2D eigenvalue weighted by Crippen LogP contribution is 2.21. The third-order valence-corrected chi connectivity index (χ3v) is 8.70. The van der Waals surface area contributed by atoms with Crippen molar-refractivity contribution in [1.82, 2.24) is 8.87 Å². The van der Waals surface area contributed by atoms with E-state index in [2.05, 4.69) is 4.99 Å². The van der Waals surface area contributed by atoms with Gasteiger partial charge in [-0.1, -0.05) is 31.6 Å². The van der Waals surface area contributed by atoms with E-state index in [1.54, 1.807) is 25.3 Å². The number of carbonyl (C=O) groups excluding carboxylic acids is 2. The molecule has 0 aliphatic heterocycles. The summed E-state index contributed by atoms with van der Waals surface area (Å²) in [4.78, 5) is 29.8. The Morgan fingerprint density at radius 2 is 1.75 bits per heavy atom. The van der Waals surface area contributed by atoms with Crippen LogP contribution in [0.3, 0.4) is 0 Å². The zero-order valence-electron chi connectivity index (χ0n) is 20.9. The fraction of sp³-hybridized carbons (Fsp3) is 0.400. The molecule has 0 atom stereocenters. The van der Waals surface area contributed by atoms with Gasteiger partial charge >= 0.3 is 5.97 Å². The second-order valence-corrected chi connectivity index (χ2v) is 10.9. The lowest BCUT2D eigenvalue weighted by atomic mass is 10.2. The predicted octanol–water partition coefficient (Wildman–Crippen LogP) is 3.69. The summed E-state index contributed by atoms with van der Waals surface area (Å²) in [6.07, 6.45) is 1.68. The molecule has 11 heteroatoms. The number of methoxy groups -OCH3 is 2. The van der Waals surface area contributed by atoms with Gasteiger partial charge in [0.2, 0.25) is 10.0 Å². The molecule has 0 saturated heterocycles. The molecule has 0 aliphatic carbocycles. The van der Waals surface area contributed by atoms with E-state index in [-0.39, 0.29) is 10.5 Å². The predicted molar refractivity (Wildman–Crippen MR) is 139 cm³/mol. The highest BCUT2D eigenvalue weighted by molar-refractivity contribution is 7.89. The number of hydrogen-bond donors (Lipinski definition) is 0. The number of aromatic nitrogens is 1. The molecule has 2 aromatic carbocycles. The Bertz CT molecular complexity index is 1390. The van der Waals surface area contributed by atoms with Gasteiger partial charge in [-0.25, -0.2) is 13.2 Å². The lowest BCUT2D eigenvalue weighted by molar-refractivity contribution is 0.0600.